The van der Waals surface area contributed by atoms with Crippen LogP contribution < -0.4 is 15.1 Å². The minimum atomic E-state index is -0.762. The van der Waals surface area contributed by atoms with Gasteiger partial charge in [-0.25, -0.2) is 9.97 Å². The maximum atomic E-state index is 13.2. The van der Waals surface area contributed by atoms with Crippen LogP contribution in [0.25, 0.3) is 11.1 Å². The highest BCUT2D eigenvalue weighted by Gasteiger charge is 2.26. The second-order valence-electron chi connectivity index (χ2n) is 9.49. The van der Waals surface area contributed by atoms with Crippen LogP contribution in [0.1, 0.15) is 21.7 Å². The molecule has 0 bridgehead atoms. The van der Waals surface area contributed by atoms with Gasteiger partial charge in [-0.3, -0.25) is 9.59 Å². The summed E-state index contributed by atoms with van der Waals surface area (Å²) in [6.45, 7) is 6.65. The molecule has 0 saturated carbocycles. The van der Waals surface area contributed by atoms with Crippen molar-refractivity contribution in [3.63, 3.8) is 0 Å². The van der Waals surface area contributed by atoms with Crippen LogP contribution in [0.3, 0.4) is 0 Å². The van der Waals surface area contributed by atoms with Crippen LogP contribution >= 0.6 is 0 Å². The summed E-state index contributed by atoms with van der Waals surface area (Å²) < 4.78 is 1.73. The summed E-state index contributed by atoms with van der Waals surface area (Å²) in [7, 11) is 1.77. The monoisotopic (exact) mass is 510 g/mol. The number of phenolic OH excluding ortho intramolecular Hbond substituents is 1. The van der Waals surface area contributed by atoms with Crippen LogP contribution in [0.5, 0.6) is 5.75 Å². The molecule has 0 radical (unpaired) electrons. The zero-order chi connectivity index (χ0) is 26.8. The Morgan fingerprint density at radius 1 is 0.895 bits per heavy atom. The van der Waals surface area contributed by atoms with E-state index >= 15 is 0 Å². The summed E-state index contributed by atoms with van der Waals surface area (Å²) in [6, 6.07) is 16.4. The Morgan fingerprint density at radius 3 is 2.21 bits per heavy atom. The van der Waals surface area contributed by atoms with Gasteiger partial charge in [-0.15, -0.1) is 0 Å². The number of ketones is 1. The second kappa shape index (κ2) is 10.4. The fourth-order valence-electron chi connectivity index (χ4n) is 4.70. The number of rotatable bonds is 6. The lowest BCUT2D eigenvalue weighted by atomic mass is 10.0. The maximum absolute atomic E-state index is 13.2. The van der Waals surface area contributed by atoms with Gasteiger partial charge in [0.15, 0.2) is 0 Å². The summed E-state index contributed by atoms with van der Waals surface area (Å²) in [5.41, 5.74) is 4.80. The summed E-state index contributed by atoms with van der Waals surface area (Å²) in [5.74, 6) is -0.666. The van der Waals surface area contributed by atoms with Gasteiger partial charge in [-0.1, -0.05) is 30.3 Å². The molecule has 0 atom stereocenters. The lowest BCUT2D eigenvalue weighted by Gasteiger charge is -2.36. The number of carbonyl (C=O) groups is 2. The second-order valence-corrected chi connectivity index (χ2v) is 9.49. The van der Waals surface area contributed by atoms with Gasteiger partial charge in [-0.05, 0) is 43.2 Å². The average molecular weight is 511 g/mol. The molecule has 0 aliphatic carbocycles. The number of aromatic nitrogens is 3. The zero-order valence-corrected chi connectivity index (χ0v) is 21.7. The highest BCUT2D eigenvalue weighted by Crippen LogP contribution is 2.32. The predicted molar refractivity (Wildman–Crippen MR) is 148 cm³/mol. The molecule has 0 unspecified atom stereocenters. The molecule has 2 aromatic heterocycles. The molecule has 1 aliphatic heterocycles. The van der Waals surface area contributed by atoms with Crippen molar-refractivity contribution in [3.05, 3.63) is 83.9 Å². The summed E-state index contributed by atoms with van der Waals surface area (Å²) >= 11 is 0. The Balaban J connectivity index is 1.27. The van der Waals surface area contributed by atoms with Crippen molar-refractivity contribution in [1.82, 2.24) is 14.5 Å². The number of benzene rings is 2. The first-order chi connectivity index (χ1) is 18.3. The third kappa shape index (κ3) is 4.95. The number of Topliss-reactive ketones (excluding diaryl/α,β-unsaturated/α-hetero) is 1. The molecule has 9 nitrogen and oxygen atoms in total. The molecule has 4 aromatic rings. The van der Waals surface area contributed by atoms with E-state index in [0.29, 0.717) is 41.7 Å². The van der Waals surface area contributed by atoms with Crippen molar-refractivity contribution in [2.75, 3.05) is 41.3 Å². The number of carbonyl (C=O) groups excluding carboxylic acids is 2. The molecule has 0 spiro atoms. The average Bonchev–Trinajstić information content (AvgIpc) is 3.23. The number of nitrogens with one attached hydrogen (secondary N) is 1. The molecule has 1 fully saturated rings. The smallest absolute Gasteiger partial charge is 0.298 e. The lowest BCUT2D eigenvalue weighted by Crippen LogP contribution is -2.47. The van der Waals surface area contributed by atoms with Crippen LogP contribution in [-0.2, 0) is 11.8 Å². The fourth-order valence-corrected chi connectivity index (χ4v) is 4.70. The number of aryl methyl sites for hydroxylation is 2. The van der Waals surface area contributed by atoms with Crippen molar-refractivity contribution in [2.24, 2.45) is 7.05 Å². The quantitative estimate of drug-likeness (QED) is 0.299. The molecular weight excluding hydrogens is 480 g/mol. The number of aromatic hydroxyl groups is 1. The third-order valence-electron chi connectivity index (χ3n) is 6.88. The summed E-state index contributed by atoms with van der Waals surface area (Å²) in [6.07, 6.45) is 3.61. The highest BCUT2D eigenvalue weighted by atomic mass is 16.3. The van der Waals surface area contributed by atoms with Gasteiger partial charge >= 0.3 is 0 Å². The fraction of sp³-hybridized carbons (Fsp3) is 0.241. The lowest BCUT2D eigenvalue weighted by molar-refractivity contribution is -0.112. The van der Waals surface area contributed by atoms with E-state index in [4.69, 9.17) is 0 Å². The largest absolute Gasteiger partial charge is 0.506 e. The number of hydrogen-bond acceptors (Lipinski definition) is 7. The van der Waals surface area contributed by atoms with Crippen LogP contribution in [0, 0.1) is 13.8 Å². The highest BCUT2D eigenvalue weighted by molar-refractivity contribution is 6.47. The van der Waals surface area contributed by atoms with E-state index in [2.05, 4.69) is 25.1 Å². The SMILES string of the molecule is Cc1cnc(N2CCN(c3ccc(NC(=O)C(=O)c4c(-c5ccccc5)cc(C)n4C)cc3O)CC2)nc1. The summed E-state index contributed by atoms with van der Waals surface area (Å²) in [4.78, 5) is 39.2. The van der Waals surface area contributed by atoms with Gasteiger partial charge in [0.1, 0.15) is 11.4 Å². The number of phenols is 1. The van der Waals surface area contributed by atoms with E-state index in [0.717, 1.165) is 29.9 Å². The predicted octanol–water partition coefficient (Wildman–Crippen LogP) is 3.95. The van der Waals surface area contributed by atoms with E-state index in [9.17, 15) is 14.7 Å². The Kier molecular flexibility index (Phi) is 6.83. The number of hydrogen-bond donors (Lipinski definition) is 2. The minimum absolute atomic E-state index is 0.0370. The maximum Gasteiger partial charge on any atom is 0.298 e. The van der Waals surface area contributed by atoms with Crippen LogP contribution in [0.4, 0.5) is 17.3 Å². The topological polar surface area (TPSA) is 104 Å². The van der Waals surface area contributed by atoms with Gasteiger partial charge in [0.25, 0.3) is 11.7 Å². The van der Waals surface area contributed by atoms with E-state index in [1.807, 2.05) is 50.2 Å². The molecule has 38 heavy (non-hydrogen) atoms. The first kappa shape index (κ1) is 25.0. The van der Waals surface area contributed by atoms with Crippen molar-refractivity contribution < 1.29 is 14.7 Å². The first-order valence-electron chi connectivity index (χ1n) is 12.5. The van der Waals surface area contributed by atoms with Gasteiger partial charge in [0.05, 0.1) is 5.69 Å². The summed E-state index contributed by atoms with van der Waals surface area (Å²) in [5, 5.41) is 13.4. The Hall–Kier alpha value is -4.66. The number of amides is 1. The number of anilines is 3. The van der Waals surface area contributed by atoms with Crippen LogP contribution in [0.2, 0.25) is 0 Å². The molecule has 1 aliphatic rings. The van der Waals surface area contributed by atoms with Crippen LogP contribution in [-0.4, -0.2) is 57.5 Å². The molecule has 2 aromatic carbocycles. The van der Waals surface area contributed by atoms with Crippen molar-refractivity contribution in [1.29, 1.82) is 0 Å². The van der Waals surface area contributed by atoms with E-state index in [-0.39, 0.29) is 5.75 Å². The van der Waals surface area contributed by atoms with E-state index < -0.39 is 11.7 Å². The Labute approximate surface area is 221 Å². The van der Waals surface area contributed by atoms with Gasteiger partial charge < -0.3 is 24.8 Å². The zero-order valence-electron chi connectivity index (χ0n) is 21.7. The van der Waals surface area contributed by atoms with Gasteiger partial charge in [0, 0.05) is 68.6 Å². The molecule has 9 heteroatoms. The molecule has 5 rings (SSSR count). The molecule has 1 saturated heterocycles. The number of piperazine rings is 1. The standard InChI is InChI=1S/C29H30N6O3/c1-19-17-30-29(31-18-19)35-13-11-34(12-14-35)24-10-9-22(16-25(24)36)32-28(38)27(37)26-23(15-20(2)33(26)3)21-7-5-4-6-8-21/h4-10,15-18,36H,11-14H2,1-3H3,(H,32,38). The van der Waals surface area contributed by atoms with E-state index in [1.54, 1.807) is 36.1 Å². The van der Waals surface area contributed by atoms with E-state index in [1.165, 1.54) is 6.07 Å². The van der Waals surface area contributed by atoms with Crippen molar-refractivity contribution in [3.8, 4) is 16.9 Å². The molecule has 3 heterocycles. The van der Waals surface area contributed by atoms with Gasteiger partial charge in [0.2, 0.25) is 5.95 Å². The number of nitrogens with zero attached hydrogens (tertiary/aromatic N) is 5. The third-order valence-corrected chi connectivity index (χ3v) is 6.88. The Bertz CT molecular complexity index is 1470. The normalized spacial score (nSPS) is 13.4. The molecule has 194 valence electrons. The van der Waals surface area contributed by atoms with Crippen molar-refractivity contribution in [2.45, 2.75) is 13.8 Å². The molecule has 2 N–H and O–H groups in total. The van der Waals surface area contributed by atoms with Crippen molar-refractivity contribution >= 4 is 29.0 Å². The van der Waals surface area contributed by atoms with Gasteiger partial charge in [-0.2, -0.15) is 0 Å². The Morgan fingerprint density at radius 2 is 1.55 bits per heavy atom. The van der Waals surface area contributed by atoms with Crippen LogP contribution in [0.15, 0.2) is 67.0 Å². The molecule has 1 amide bonds. The molecular formula is C29H30N6O3. The minimum Gasteiger partial charge on any atom is -0.506 e. The first-order valence-corrected chi connectivity index (χ1v) is 12.5.